The Bertz CT molecular complexity index is 664. The summed E-state index contributed by atoms with van der Waals surface area (Å²) < 4.78 is 27.3. The lowest BCUT2D eigenvalue weighted by Gasteiger charge is -2.03. The Morgan fingerprint density at radius 1 is 1.30 bits per heavy atom. The predicted molar refractivity (Wildman–Crippen MR) is 73.4 cm³/mol. The first kappa shape index (κ1) is 14.5. The fraction of sp³-hybridized carbons (Fsp3) is 0.333. The fourth-order valence-corrected chi connectivity index (χ4v) is 2.14. The van der Waals surface area contributed by atoms with Crippen molar-refractivity contribution in [2.75, 3.05) is 5.32 Å². The lowest BCUT2D eigenvalue weighted by molar-refractivity contribution is 0.422. The zero-order valence-corrected chi connectivity index (χ0v) is 11.9. The van der Waals surface area contributed by atoms with Gasteiger partial charge in [0.2, 0.25) is 10.0 Å². The van der Waals surface area contributed by atoms with Crippen molar-refractivity contribution in [2.24, 2.45) is 5.14 Å². The van der Waals surface area contributed by atoms with Gasteiger partial charge in [0.15, 0.2) is 5.82 Å². The number of sulfonamides is 1. The zero-order chi connectivity index (χ0) is 14.6. The highest BCUT2D eigenvalue weighted by atomic mass is 32.2. The molecule has 0 saturated heterocycles. The third-order valence-corrected chi connectivity index (χ3v) is 3.57. The van der Waals surface area contributed by atoms with Crippen LogP contribution in [-0.2, 0) is 23.0 Å². The Kier molecular flexibility index (Phi) is 4.35. The average molecular weight is 296 g/mol. The maximum absolute atomic E-state index is 11.1. The Labute approximate surface area is 117 Å². The average Bonchev–Trinajstić information content (AvgIpc) is 2.84. The van der Waals surface area contributed by atoms with Crippen molar-refractivity contribution >= 4 is 16.0 Å². The summed E-state index contributed by atoms with van der Waals surface area (Å²) >= 11 is 0. The number of anilines is 1. The molecule has 7 nitrogen and oxygen atoms in total. The summed E-state index contributed by atoms with van der Waals surface area (Å²) in [5.41, 5.74) is 0.882. The van der Waals surface area contributed by atoms with Gasteiger partial charge in [-0.25, -0.2) is 13.6 Å². The lowest BCUT2D eigenvalue weighted by Crippen LogP contribution is -2.12. The SMILES string of the molecule is CCCc1noc(NCc2ccc(S(N)(=O)=O)cc2)n1. The number of primary sulfonamides is 1. The van der Waals surface area contributed by atoms with E-state index in [4.69, 9.17) is 9.66 Å². The van der Waals surface area contributed by atoms with Gasteiger partial charge in [-0.3, -0.25) is 0 Å². The second kappa shape index (κ2) is 6.02. The smallest absolute Gasteiger partial charge is 0.321 e. The molecule has 0 atom stereocenters. The van der Waals surface area contributed by atoms with E-state index in [2.05, 4.69) is 15.5 Å². The van der Waals surface area contributed by atoms with Crippen LogP contribution in [0.1, 0.15) is 24.7 Å². The quantitative estimate of drug-likeness (QED) is 0.830. The molecule has 0 bridgehead atoms. The van der Waals surface area contributed by atoms with Crippen LogP contribution in [-0.4, -0.2) is 18.6 Å². The number of nitrogens with one attached hydrogen (secondary N) is 1. The fourth-order valence-electron chi connectivity index (χ4n) is 1.63. The van der Waals surface area contributed by atoms with E-state index in [1.807, 2.05) is 6.92 Å². The molecule has 1 aromatic carbocycles. The standard InChI is InChI=1S/C12H16N4O3S/c1-2-3-11-15-12(19-16-11)14-8-9-4-6-10(7-5-9)20(13,17)18/h4-7H,2-3,8H2,1H3,(H2,13,17,18)(H,14,15,16). The van der Waals surface area contributed by atoms with Gasteiger partial charge in [-0.15, -0.1) is 0 Å². The lowest BCUT2D eigenvalue weighted by atomic mass is 10.2. The molecule has 1 aromatic heterocycles. The maximum Gasteiger partial charge on any atom is 0.321 e. The van der Waals surface area contributed by atoms with Crippen LogP contribution in [0, 0.1) is 0 Å². The van der Waals surface area contributed by atoms with E-state index >= 15 is 0 Å². The molecule has 20 heavy (non-hydrogen) atoms. The molecular formula is C12H16N4O3S. The number of benzene rings is 1. The van der Waals surface area contributed by atoms with Crippen LogP contribution in [0.25, 0.3) is 0 Å². The summed E-state index contributed by atoms with van der Waals surface area (Å²) in [6, 6.07) is 6.63. The monoisotopic (exact) mass is 296 g/mol. The van der Waals surface area contributed by atoms with Gasteiger partial charge in [0.05, 0.1) is 4.90 Å². The first-order valence-corrected chi connectivity index (χ1v) is 7.72. The van der Waals surface area contributed by atoms with Gasteiger partial charge in [-0.1, -0.05) is 24.2 Å². The van der Waals surface area contributed by atoms with Crippen LogP contribution >= 0.6 is 0 Å². The van der Waals surface area contributed by atoms with Crippen molar-refractivity contribution in [3.8, 4) is 0 Å². The van der Waals surface area contributed by atoms with Gasteiger partial charge in [0, 0.05) is 13.0 Å². The number of aromatic nitrogens is 2. The Hall–Kier alpha value is -1.93. The number of aryl methyl sites for hydroxylation is 1. The van der Waals surface area contributed by atoms with Crippen LogP contribution in [0.3, 0.4) is 0 Å². The number of nitrogens with zero attached hydrogens (tertiary/aromatic N) is 2. The topological polar surface area (TPSA) is 111 Å². The Balaban J connectivity index is 1.96. The largest absolute Gasteiger partial charge is 0.334 e. The van der Waals surface area contributed by atoms with Crippen LogP contribution in [0.4, 0.5) is 6.01 Å². The Morgan fingerprint density at radius 2 is 2.00 bits per heavy atom. The van der Waals surface area contributed by atoms with E-state index in [1.165, 1.54) is 12.1 Å². The molecule has 2 aromatic rings. The minimum absolute atomic E-state index is 0.0873. The predicted octanol–water partition coefficient (Wildman–Crippen LogP) is 1.28. The van der Waals surface area contributed by atoms with Crippen LogP contribution in [0.2, 0.25) is 0 Å². The first-order valence-electron chi connectivity index (χ1n) is 6.17. The molecule has 0 saturated carbocycles. The third-order valence-electron chi connectivity index (χ3n) is 2.64. The molecule has 0 amide bonds. The molecular weight excluding hydrogens is 280 g/mol. The Morgan fingerprint density at radius 3 is 2.60 bits per heavy atom. The molecule has 0 spiro atoms. The van der Waals surface area contributed by atoms with Crippen molar-refractivity contribution in [2.45, 2.75) is 31.2 Å². The van der Waals surface area contributed by atoms with Gasteiger partial charge in [-0.05, 0) is 24.1 Å². The number of nitrogens with two attached hydrogens (primary N) is 1. The molecule has 0 aliphatic heterocycles. The van der Waals surface area contributed by atoms with E-state index < -0.39 is 10.0 Å². The summed E-state index contributed by atoms with van der Waals surface area (Å²) in [7, 11) is -3.65. The minimum atomic E-state index is -3.65. The van der Waals surface area contributed by atoms with Crippen LogP contribution in [0.5, 0.6) is 0 Å². The van der Waals surface area contributed by atoms with Crippen molar-refractivity contribution in [1.29, 1.82) is 0 Å². The number of rotatable bonds is 6. The van der Waals surface area contributed by atoms with Crippen molar-refractivity contribution in [3.63, 3.8) is 0 Å². The van der Waals surface area contributed by atoms with Gasteiger partial charge in [0.1, 0.15) is 0 Å². The highest BCUT2D eigenvalue weighted by molar-refractivity contribution is 7.89. The van der Waals surface area contributed by atoms with Crippen molar-refractivity contribution in [3.05, 3.63) is 35.7 Å². The van der Waals surface area contributed by atoms with Crippen molar-refractivity contribution < 1.29 is 12.9 Å². The molecule has 0 fully saturated rings. The van der Waals surface area contributed by atoms with Gasteiger partial charge in [-0.2, -0.15) is 4.98 Å². The molecule has 0 radical (unpaired) electrons. The van der Waals surface area contributed by atoms with Gasteiger partial charge >= 0.3 is 6.01 Å². The van der Waals surface area contributed by atoms with E-state index in [-0.39, 0.29) is 4.90 Å². The minimum Gasteiger partial charge on any atom is -0.334 e. The van der Waals surface area contributed by atoms with E-state index in [0.29, 0.717) is 18.4 Å². The molecule has 0 aliphatic rings. The summed E-state index contributed by atoms with van der Waals surface area (Å²) in [6.07, 6.45) is 1.72. The van der Waals surface area contributed by atoms with E-state index in [9.17, 15) is 8.42 Å². The second-order valence-electron chi connectivity index (χ2n) is 4.31. The molecule has 8 heteroatoms. The first-order chi connectivity index (χ1) is 9.49. The summed E-state index contributed by atoms with van der Waals surface area (Å²) in [4.78, 5) is 4.25. The number of hydrogen-bond donors (Lipinski definition) is 2. The van der Waals surface area contributed by atoms with E-state index in [0.717, 1.165) is 18.4 Å². The van der Waals surface area contributed by atoms with Crippen molar-refractivity contribution in [1.82, 2.24) is 10.1 Å². The molecule has 0 aliphatic carbocycles. The molecule has 3 N–H and O–H groups in total. The normalized spacial score (nSPS) is 11.5. The van der Waals surface area contributed by atoms with Crippen LogP contribution in [0.15, 0.2) is 33.7 Å². The summed E-state index contributed by atoms with van der Waals surface area (Å²) in [6.45, 7) is 2.50. The van der Waals surface area contributed by atoms with Gasteiger partial charge < -0.3 is 9.84 Å². The third kappa shape index (κ3) is 3.78. The molecule has 108 valence electrons. The van der Waals surface area contributed by atoms with E-state index in [1.54, 1.807) is 12.1 Å². The zero-order valence-electron chi connectivity index (χ0n) is 11.0. The van der Waals surface area contributed by atoms with Gasteiger partial charge in [0.25, 0.3) is 0 Å². The highest BCUT2D eigenvalue weighted by Gasteiger charge is 2.08. The molecule has 2 rings (SSSR count). The molecule has 0 unspecified atom stereocenters. The summed E-state index contributed by atoms with van der Waals surface area (Å²) in [5, 5.41) is 11.8. The second-order valence-corrected chi connectivity index (χ2v) is 5.87. The van der Waals surface area contributed by atoms with Crippen LogP contribution < -0.4 is 10.5 Å². The number of hydrogen-bond acceptors (Lipinski definition) is 6. The summed E-state index contributed by atoms with van der Waals surface area (Å²) in [5.74, 6) is 0.666. The highest BCUT2D eigenvalue weighted by Crippen LogP contribution is 2.11. The molecule has 1 heterocycles. The maximum atomic E-state index is 11.1.